The average Bonchev–Trinajstić information content (AvgIpc) is 2.61. The molecular formula is C15H15F3N4O5. The summed E-state index contributed by atoms with van der Waals surface area (Å²) < 4.78 is 49.4. The minimum Gasteiger partial charge on any atom is -0.493 e. The molecule has 0 aliphatic carbocycles. The highest BCUT2D eigenvalue weighted by atomic mass is 19.4. The molecular weight excluding hydrogens is 373 g/mol. The number of nitrogens with one attached hydrogen (secondary N) is 2. The fourth-order valence-corrected chi connectivity index (χ4v) is 2.12. The van der Waals surface area contributed by atoms with Crippen LogP contribution in [0.25, 0.3) is 10.9 Å². The van der Waals surface area contributed by atoms with Crippen molar-refractivity contribution in [3.05, 3.63) is 18.0 Å². The molecule has 0 atom stereocenters. The lowest BCUT2D eigenvalue weighted by Gasteiger charge is -2.14. The standard InChI is InChI=1S/C15H15F3N4O5/c1-26-9-3-7-8(4-10(9)27-2)21-14(15(16,17)18)22-13(7)20-5-11(23)19-6-12(24)25/h3-4H,5-6H2,1-2H3,(H,19,23)(H,24,25)(H,20,21,22). The van der Waals surface area contributed by atoms with E-state index in [1.165, 1.54) is 26.4 Å². The molecule has 146 valence electrons. The van der Waals surface area contributed by atoms with Crippen LogP contribution in [0.5, 0.6) is 11.5 Å². The van der Waals surface area contributed by atoms with Gasteiger partial charge in [-0.2, -0.15) is 13.2 Å². The van der Waals surface area contributed by atoms with Crippen molar-refractivity contribution in [1.82, 2.24) is 15.3 Å². The number of halogens is 3. The summed E-state index contributed by atoms with van der Waals surface area (Å²) in [5, 5.41) is 13.2. The first-order valence-corrected chi connectivity index (χ1v) is 7.39. The van der Waals surface area contributed by atoms with Crippen molar-refractivity contribution in [2.75, 3.05) is 32.6 Å². The number of methoxy groups -OCH3 is 2. The van der Waals surface area contributed by atoms with Gasteiger partial charge in [-0.05, 0) is 6.07 Å². The molecule has 0 aliphatic rings. The Hall–Kier alpha value is -3.31. The van der Waals surface area contributed by atoms with Crippen LogP contribution in [0.2, 0.25) is 0 Å². The van der Waals surface area contributed by atoms with Crippen molar-refractivity contribution in [2.24, 2.45) is 0 Å². The predicted molar refractivity (Wildman–Crippen MR) is 86.8 cm³/mol. The fourth-order valence-electron chi connectivity index (χ4n) is 2.12. The van der Waals surface area contributed by atoms with Crippen molar-refractivity contribution >= 4 is 28.6 Å². The van der Waals surface area contributed by atoms with Gasteiger partial charge in [0.25, 0.3) is 0 Å². The molecule has 0 saturated heterocycles. The zero-order valence-electron chi connectivity index (χ0n) is 14.2. The molecule has 1 amide bonds. The predicted octanol–water partition coefficient (Wildman–Crippen LogP) is 1.28. The smallest absolute Gasteiger partial charge is 0.451 e. The molecule has 0 radical (unpaired) electrons. The number of anilines is 1. The zero-order chi connectivity index (χ0) is 20.2. The highest BCUT2D eigenvalue weighted by Crippen LogP contribution is 2.36. The Labute approximate surface area is 150 Å². The number of benzene rings is 1. The molecule has 3 N–H and O–H groups in total. The Bertz CT molecular complexity index is 873. The van der Waals surface area contributed by atoms with Crippen LogP contribution in [0.15, 0.2) is 12.1 Å². The molecule has 2 rings (SSSR count). The lowest BCUT2D eigenvalue weighted by molar-refractivity contribution is -0.144. The Morgan fingerprint density at radius 3 is 2.30 bits per heavy atom. The second kappa shape index (κ2) is 7.93. The third-order valence-electron chi connectivity index (χ3n) is 3.31. The molecule has 0 spiro atoms. The minimum atomic E-state index is -4.82. The normalized spacial score (nSPS) is 11.1. The van der Waals surface area contributed by atoms with Crippen molar-refractivity contribution in [3.63, 3.8) is 0 Å². The number of aliphatic carboxylic acids is 1. The Morgan fingerprint density at radius 1 is 1.11 bits per heavy atom. The van der Waals surface area contributed by atoms with Gasteiger partial charge in [0, 0.05) is 11.5 Å². The van der Waals surface area contributed by atoms with E-state index in [0.717, 1.165) is 0 Å². The van der Waals surface area contributed by atoms with E-state index in [4.69, 9.17) is 14.6 Å². The summed E-state index contributed by atoms with van der Waals surface area (Å²) in [4.78, 5) is 29.0. The molecule has 1 aromatic carbocycles. The maximum absolute atomic E-state index is 13.1. The van der Waals surface area contributed by atoms with Gasteiger partial charge in [-0.15, -0.1) is 0 Å². The summed E-state index contributed by atoms with van der Waals surface area (Å²) in [7, 11) is 2.67. The largest absolute Gasteiger partial charge is 0.493 e. The van der Waals surface area contributed by atoms with Gasteiger partial charge >= 0.3 is 12.1 Å². The van der Waals surface area contributed by atoms with Crippen LogP contribution in [-0.4, -0.2) is 54.3 Å². The average molecular weight is 388 g/mol. The SMILES string of the molecule is COc1cc2nc(C(F)(F)F)nc(NCC(=O)NCC(=O)O)c2cc1OC. The summed E-state index contributed by atoms with van der Waals surface area (Å²) in [6, 6.07) is 2.62. The number of ether oxygens (including phenoxy) is 2. The fraction of sp³-hybridized carbons (Fsp3) is 0.333. The number of hydrogen-bond donors (Lipinski definition) is 3. The first-order valence-electron chi connectivity index (χ1n) is 7.39. The molecule has 12 heteroatoms. The van der Waals surface area contributed by atoms with Crippen LogP contribution < -0.4 is 20.1 Å². The van der Waals surface area contributed by atoms with Crippen molar-refractivity contribution in [2.45, 2.75) is 6.18 Å². The minimum absolute atomic E-state index is 0.0802. The number of carbonyl (C=O) groups excluding carboxylic acids is 1. The second-order valence-corrected chi connectivity index (χ2v) is 5.14. The number of hydrogen-bond acceptors (Lipinski definition) is 7. The number of alkyl halides is 3. The zero-order valence-corrected chi connectivity index (χ0v) is 14.2. The Morgan fingerprint density at radius 2 is 1.74 bits per heavy atom. The van der Waals surface area contributed by atoms with Crippen LogP contribution in [0.3, 0.4) is 0 Å². The number of nitrogens with zero attached hydrogens (tertiary/aromatic N) is 2. The molecule has 1 heterocycles. The summed E-state index contributed by atoms with van der Waals surface area (Å²) in [5.74, 6) is -3.27. The number of carboxylic acids is 1. The number of rotatable bonds is 7. The van der Waals surface area contributed by atoms with Crippen molar-refractivity contribution < 1.29 is 37.3 Å². The van der Waals surface area contributed by atoms with E-state index in [1.807, 2.05) is 0 Å². The first kappa shape index (κ1) is 20.0. The monoisotopic (exact) mass is 388 g/mol. The lowest BCUT2D eigenvalue weighted by Crippen LogP contribution is -2.34. The van der Waals surface area contributed by atoms with Crippen LogP contribution in [-0.2, 0) is 15.8 Å². The van der Waals surface area contributed by atoms with Gasteiger partial charge in [-0.3, -0.25) is 9.59 Å². The van der Waals surface area contributed by atoms with E-state index in [0.29, 0.717) is 0 Å². The number of aromatic nitrogens is 2. The summed E-state index contributed by atoms with van der Waals surface area (Å²) >= 11 is 0. The molecule has 2 aromatic rings. The van der Waals surface area contributed by atoms with Crippen molar-refractivity contribution in [1.29, 1.82) is 0 Å². The van der Waals surface area contributed by atoms with Gasteiger partial charge in [0.05, 0.1) is 26.3 Å². The third kappa shape index (κ3) is 4.86. The number of carbonyl (C=O) groups is 2. The van der Waals surface area contributed by atoms with Gasteiger partial charge in [-0.25, -0.2) is 9.97 Å². The quantitative estimate of drug-likeness (QED) is 0.648. The second-order valence-electron chi connectivity index (χ2n) is 5.14. The van der Waals surface area contributed by atoms with E-state index in [2.05, 4.69) is 20.6 Å². The third-order valence-corrected chi connectivity index (χ3v) is 3.31. The van der Waals surface area contributed by atoms with E-state index < -0.39 is 37.0 Å². The molecule has 27 heavy (non-hydrogen) atoms. The maximum Gasteiger partial charge on any atom is 0.451 e. The number of amides is 1. The molecule has 0 fully saturated rings. The highest BCUT2D eigenvalue weighted by molar-refractivity contribution is 5.93. The van der Waals surface area contributed by atoms with Crippen LogP contribution in [0, 0.1) is 0 Å². The maximum atomic E-state index is 13.1. The van der Waals surface area contributed by atoms with Crippen molar-refractivity contribution in [3.8, 4) is 11.5 Å². The van der Waals surface area contributed by atoms with Crippen LogP contribution in [0.1, 0.15) is 5.82 Å². The molecule has 9 nitrogen and oxygen atoms in total. The van der Waals surface area contributed by atoms with Gasteiger partial charge in [0.1, 0.15) is 12.4 Å². The molecule has 0 saturated carbocycles. The van der Waals surface area contributed by atoms with E-state index in [1.54, 1.807) is 0 Å². The first-order chi connectivity index (χ1) is 12.7. The summed E-state index contributed by atoms with van der Waals surface area (Å²) in [5.41, 5.74) is -0.0802. The number of fused-ring (bicyclic) bond motifs is 1. The van der Waals surface area contributed by atoms with Gasteiger partial charge in [0.15, 0.2) is 11.5 Å². The highest BCUT2D eigenvalue weighted by Gasteiger charge is 2.35. The molecule has 0 aliphatic heterocycles. The van der Waals surface area contributed by atoms with E-state index in [9.17, 15) is 22.8 Å². The van der Waals surface area contributed by atoms with Gasteiger partial charge in [-0.1, -0.05) is 0 Å². The molecule has 1 aromatic heterocycles. The Balaban J connectivity index is 2.44. The molecule has 0 bridgehead atoms. The van der Waals surface area contributed by atoms with E-state index >= 15 is 0 Å². The van der Waals surface area contributed by atoms with Crippen LogP contribution in [0.4, 0.5) is 19.0 Å². The topological polar surface area (TPSA) is 123 Å². The summed E-state index contributed by atoms with van der Waals surface area (Å²) in [6.07, 6.45) is -4.82. The van der Waals surface area contributed by atoms with Gasteiger partial charge in [0.2, 0.25) is 11.7 Å². The number of carboxylic acid groups (broad SMARTS) is 1. The summed E-state index contributed by atoms with van der Waals surface area (Å²) in [6.45, 7) is -1.12. The van der Waals surface area contributed by atoms with E-state index in [-0.39, 0.29) is 28.2 Å². The Kier molecular flexibility index (Phi) is 5.88. The molecule has 0 unspecified atom stereocenters. The van der Waals surface area contributed by atoms with Gasteiger partial charge < -0.3 is 25.2 Å². The lowest BCUT2D eigenvalue weighted by atomic mass is 10.2. The van der Waals surface area contributed by atoms with Crippen LogP contribution >= 0.6 is 0 Å².